The highest BCUT2D eigenvalue weighted by Crippen LogP contribution is 2.22. The normalized spacial score (nSPS) is 18.6. The Morgan fingerprint density at radius 1 is 1.16 bits per heavy atom. The summed E-state index contributed by atoms with van der Waals surface area (Å²) >= 11 is 0. The van der Waals surface area contributed by atoms with Crippen molar-refractivity contribution < 1.29 is 27.8 Å². The van der Waals surface area contributed by atoms with E-state index in [0.717, 1.165) is 11.3 Å². The summed E-state index contributed by atoms with van der Waals surface area (Å²) < 4.78 is 35.2. The van der Waals surface area contributed by atoms with Crippen LogP contribution in [-0.4, -0.2) is 68.1 Å². The summed E-state index contributed by atoms with van der Waals surface area (Å²) in [5.41, 5.74) is 1.43. The number of aldehydes is 1. The number of ether oxygens (including phenoxy) is 2. The first kappa shape index (κ1) is 23.2. The van der Waals surface area contributed by atoms with Crippen molar-refractivity contribution in [2.24, 2.45) is 0 Å². The zero-order valence-electron chi connectivity index (χ0n) is 17.6. The zero-order valence-corrected chi connectivity index (χ0v) is 18.5. The van der Waals surface area contributed by atoms with E-state index in [0.29, 0.717) is 37.2 Å². The Balaban J connectivity index is 1.66. The molecule has 3 rings (SSSR count). The van der Waals surface area contributed by atoms with Crippen molar-refractivity contribution in [1.29, 1.82) is 0 Å². The van der Waals surface area contributed by atoms with Crippen LogP contribution in [0, 0.1) is 0 Å². The number of rotatable bonds is 11. The predicted octanol–water partition coefficient (Wildman–Crippen LogP) is 2.33. The molecule has 1 saturated heterocycles. The Morgan fingerprint density at radius 2 is 1.90 bits per heavy atom. The van der Waals surface area contributed by atoms with Gasteiger partial charge in [-0.15, -0.1) is 0 Å². The van der Waals surface area contributed by atoms with Crippen LogP contribution in [0.5, 0.6) is 11.5 Å². The minimum Gasteiger partial charge on any atom is -0.494 e. The number of hydrogen-bond donors (Lipinski definition) is 1. The van der Waals surface area contributed by atoms with Gasteiger partial charge in [-0.3, -0.25) is 9.69 Å². The van der Waals surface area contributed by atoms with Gasteiger partial charge in [-0.05, 0) is 43.2 Å². The first-order valence-corrected chi connectivity index (χ1v) is 12.2. The monoisotopic (exact) mass is 447 g/mol. The molecule has 2 unspecified atom stereocenters. The topological polar surface area (TPSA) is 93.1 Å². The van der Waals surface area contributed by atoms with E-state index in [2.05, 4.69) is 0 Å². The van der Waals surface area contributed by atoms with Gasteiger partial charge in [0.15, 0.2) is 16.1 Å². The molecule has 0 bridgehead atoms. The number of aliphatic hydroxyl groups is 1. The Bertz CT molecular complexity index is 960. The molecule has 1 N–H and O–H groups in total. The Labute approximate surface area is 183 Å². The fourth-order valence-electron chi connectivity index (χ4n) is 3.72. The van der Waals surface area contributed by atoms with Crippen molar-refractivity contribution in [3.05, 3.63) is 59.7 Å². The van der Waals surface area contributed by atoms with E-state index in [1.165, 1.54) is 0 Å². The molecule has 0 aliphatic carbocycles. The summed E-state index contributed by atoms with van der Waals surface area (Å²) in [5.74, 6) is 1.45. The number of aliphatic hydroxyl groups excluding tert-OH is 1. The highest BCUT2D eigenvalue weighted by molar-refractivity contribution is 7.91. The molecule has 1 heterocycles. The lowest BCUT2D eigenvalue weighted by Crippen LogP contribution is -2.42. The molecule has 2 aromatic carbocycles. The van der Waals surface area contributed by atoms with Crippen molar-refractivity contribution in [3.63, 3.8) is 0 Å². The van der Waals surface area contributed by atoms with Gasteiger partial charge in [-0.2, -0.15) is 0 Å². The van der Waals surface area contributed by atoms with Crippen LogP contribution in [0.1, 0.15) is 29.3 Å². The van der Waals surface area contributed by atoms with Gasteiger partial charge in [-0.1, -0.05) is 24.3 Å². The third kappa shape index (κ3) is 6.78. The number of para-hydroxylation sites is 1. The molecule has 8 heteroatoms. The summed E-state index contributed by atoms with van der Waals surface area (Å²) in [6, 6.07) is 14.3. The third-order valence-electron chi connectivity index (χ3n) is 5.27. The molecule has 1 aliphatic heterocycles. The van der Waals surface area contributed by atoms with Crippen LogP contribution in [0.25, 0.3) is 0 Å². The molecular formula is C23H29NO6S. The smallest absolute Gasteiger partial charge is 0.153 e. The van der Waals surface area contributed by atoms with Crippen molar-refractivity contribution in [1.82, 2.24) is 4.90 Å². The van der Waals surface area contributed by atoms with Crippen LogP contribution in [0.4, 0.5) is 0 Å². The molecule has 1 fully saturated rings. The first-order chi connectivity index (χ1) is 14.9. The molecule has 7 nitrogen and oxygen atoms in total. The predicted molar refractivity (Wildman–Crippen MR) is 118 cm³/mol. The van der Waals surface area contributed by atoms with E-state index < -0.39 is 15.9 Å². The zero-order chi connectivity index (χ0) is 22.3. The van der Waals surface area contributed by atoms with Gasteiger partial charge >= 0.3 is 0 Å². The second kappa shape index (κ2) is 10.7. The second-order valence-corrected chi connectivity index (χ2v) is 9.91. The Morgan fingerprint density at radius 3 is 2.55 bits per heavy atom. The minimum absolute atomic E-state index is 0.00407. The molecule has 31 heavy (non-hydrogen) atoms. The molecule has 1 aliphatic rings. The number of sulfone groups is 1. The standard InChI is InChI=1S/C23H29NO6S/c1-2-29-22-9-7-18(8-10-22)13-24(20-11-12-31(27,28)17-20)14-21(26)16-30-23-6-4-3-5-19(23)15-25/h3-10,15,20-21,26H,2,11-14,16-17H2,1H3. The molecule has 0 amide bonds. The quantitative estimate of drug-likeness (QED) is 0.529. The van der Waals surface area contributed by atoms with Crippen molar-refractivity contribution >= 4 is 16.1 Å². The van der Waals surface area contributed by atoms with Crippen molar-refractivity contribution in [2.75, 3.05) is 31.3 Å². The Hall–Kier alpha value is -2.42. The highest BCUT2D eigenvalue weighted by Gasteiger charge is 2.33. The van der Waals surface area contributed by atoms with Gasteiger partial charge in [0.1, 0.15) is 24.2 Å². The number of carbonyl (C=O) groups is 1. The van der Waals surface area contributed by atoms with Crippen LogP contribution < -0.4 is 9.47 Å². The van der Waals surface area contributed by atoms with Gasteiger partial charge in [-0.25, -0.2) is 8.42 Å². The van der Waals surface area contributed by atoms with Crippen LogP contribution in [0.15, 0.2) is 48.5 Å². The van der Waals surface area contributed by atoms with Crippen molar-refractivity contribution in [2.45, 2.75) is 32.0 Å². The number of hydrogen-bond acceptors (Lipinski definition) is 7. The number of carbonyl (C=O) groups excluding carboxylic acids is 1. The largest absolute Gasteiger partial charge is 0.494 e. The summed E-state index contributed by atoms with van der Waals surface area (Å²) in [6.07, 6.45) is 0.412. The fraction of sp³-hybridized carbons (Fsp3) is 0.435. The molecule has 0 spiro atoms. The van der Waals surface area contributed by atoms with Gasteiger partial charge < -0.3 is 14.6 Å². The van der Waals surface area contributed by atoms with Crippen LogP contribution in [-0.2, 0) is 16.4 Å². The third-order valence-corrected chi connectivity index (χ3v) is 7.02. The minimum atomic E-state index is -3.06. The Kier molecular flexibility index (Phi) is 8.06. The maximum atomic E-state index is 12.0. The van der Waals surface area contributed by atoms with E-state index in [9.17, 15) is 18.3 Å². The molecule has 2 atom stereocenters. The summed E-state index contributed by atoms with van der Waals surface area (Å²) in [6.45, 7) is 3.29. The SMILES string of the molecule is CCOc1ccc(CN(CC(O)COc2ccccc2C=O)C2CCS(=O)(=O)C2)cc1. The summed E-state index contributed by atoms with van der Waals surface area (Å²) in [5, 5.41) is 10.6. The van der Waals surface area contributed by atoms with Crippen LogP contribution >= 0.6 is 0 Å². The van der Waals surface area contributed by atoms with Crippen LogP contribution in [0.2, 0.25) is 0 Å². The number of nitrogens with zero attached hydrogens (tertiary/aromatic N) is 1. The molecule has 168 valence electrons. The molecule has 0 radical (unpaired) electrons. The van der Waals surface area contributed by atoms with Crippen molar-refractivity contribution in [3.8, 4) is 11.5 Å². The number of benzene rings is 2. The maximum Gasteiger partial charge on any atom is 0.153 e. The summed E-state index contributed by atoms with van der Waals surface area (Å²) in [7, 11) is -3.06. The average Bonchev–Trinajstić information content (AvgIpc) is 3.13. The summed E-state index contributed by atoms with van der Waals surface area (Å²) in [4.78, 5) is 13.1. The molecule has 2 aromatic rings. The van der Waals surface area contributed by atoms with Gasteiger partial charge in [0, 0.05) is 19.1 Å². The highest BCUT2D eigenvalue weighted by atomic mass is 32.2. The van der Waals surface area contributed by atoms with E-state index in [4.69, 9.17) is 9.47 Å². The van der Waals surface area contributed by atoms with E-state index >= 15 is 0 Å². The van der Waals surface area contributed by atoms with E-state index in [-0.39, 0.29) is 30.7 Å². The lowest BCUT2D eigenvalue weighted by molar-refractivity contribution is 0.0522. The molecular weight excluding hydrogens is 418 g/mol. The fourth-order valence-corrected chi connectivity index (χ4v) is 5.48. The maximum absolute atomic E-state index is 12.0. The second-order valence-electron chi connectivity index (χ2n) is 7.68. The van der Waals surface area contributed by atoms with Gasteiger partial charge in [0.25, 0.3) is 0 Å². The lowest BCUT2D eigenvalue weighted by Gasteiger charge is -2.30. The van der Waals surface area contributed by atoms with E-state index in [1.807, 2.05) is 36.1 Å². The van der Waals surface area contributed by atoms with Gasteiger partial charge in [0.05, 0.1) is 23.7 Å². The van der Waals surface area contributed by atoms with Crippen LogP contribution in [0.3, 0.4) is 0 Å². The van der Waals surface area contributed by atoms with Gasteiger partial charge in [0.2, 0.25) is 0 Å². The van der Waals surface area contributed by atoms with E-state index in [1.54, 1.807) is 24.3 Å². The molecule has 0 saturated carbocycles. The first-order valence-electron chi connectivity index (χ1n) is 10.4. The molecule has 0 aromatic heterocycles. The average molecular weight is 448 g/mol. The lowest BCUT2D eigenvalue weighted by atomic mass is 10.1.